The van der Waals surface area contributed by atoms with E-state index in [9.17, 15) is 5.26 Å². The molecule has 8 rings (SSSR count). The van der Waals surface area contributed by atoms with Gasteiger partial charge in [0.05, 0.1) is 11.5 Å². The second-order valence-electron chi connectivity index (χ2n) is 11.3. The molecule has 6 aromatic rings. The van der Waals surface area contributed by atoms with Crippen molar-refractivity contribution in [2.24, 2.45) is 0 Å². The molecule has 43 heavy (non-hydrogen) atoms. The van der Waals surface area contributed by atoms with E-state index in [2.05, 4.69) is 151 Å². The Balaban J connectivity index is 1.41. The van der Waals surface area contributed by atoms with Crippen LogP contribution in [-0.2, 0) is 5.41 Å². The summed E-state index contributed by atoms with van der Waals surface area (Å²) in [6.07, 6.45) is 3.98. The van der Waals surface area contributed by atoms with E-state index in [-0.39, 0.29) is 0 Å². The number of benzene rings is 6. The Kier molecular flexibility index (Phi) is 5.84. The molecule has 202 valence electrons. The molecule has 1 N–H and O–H groups in total. The zero-order valence-corrected chi connectivity index (χ0v) is 23.6. The predicted molar refractivity (Wildman–Crippen MR) is 176 cm³/mol. The van der Waals surface area contributed by atoms with Gasteiger partial charge in [0.2, 0.25) is 0 Å². The lowest BCUT2D eigenvalue weighted by molar-refractivity contribution is 0.769. The molecule has 0 bridgehead atoms. The lowest BCUT2D eigenvalue weighted by Crippen LogP contribution is -2.28. The first-order valence-corrected chi connectivity index (χ1v) is 14.7. The van der Waals surface area contributed by atoms with Crippen LogP contribution in [0.2, 0.25) is 0 Å². The maximum absolute atomic E-state index is 9.47. The standard InChI is InChI=1S/C41H28N2/c42-25-28-22-33(27-43-26-28)31-12-9-11-30(23-31)32-18-20-37-39(24-32)41(34-13-3-1-4-14-34,35-15-5-2-6-16-35)38-21-19-29-10-7-8-17-36(29)40(37)38/h1-24,27,43H,26H2. The van der Waals surface area contributed by atoms with Gasteiger partial charge in [-0.05, 0) is 84.6 Å². The van der Waals surface area contributed by atoms with Crippen LogP contribution in [0.1, 0.15) is 27.8 Å². The quantitative estimate of drug-likeness (QED) is 0.238. The highest BCUT2D eigenvalue weighted by Crippen LogP contribution is 2.58. The molecule has 2 nitrogen and oxygen atoms in total. The Labute approximate surface area is 251 Å². The van der Waals surface area contributed by atoms with E-state index in [4.69, 9.17) is 0 Å². The first-order valence-electron chi connectivity index (χ1n) is 14.7. The highest BCUT2D eigenvalue weighted by molar-refractivity contribution is 6.04. The van der Waals surface area contributed by atoms with Crippen molar-refractivity contribution >= 4 is 16.3 Å². The minimum atomic E-state index is -0.467. The van der Waals surface area contributed by atoms with E-state index in [0.717, 1.165) is 22.3 Å². The summed E-state index contributed by atoms with van der Waals surface area (Å²) in [5, 5.41) is 15.2. The second kappa shape index (κ2) is 10.0. The third kappa shape index (κ3) is 3.86. The lowest BCUT2D eigenvalue weighted by Gasteiger charge is -2.34. The van der Waals surface area contributed by atoms with Gasteiger partial charge in [-0.15, -0.1) is 0 Å². The molecule has 0 atom stereocenters. The molecular weight excluding hydrogens is 520 g/mol. The van der Waals surface area contributed by atoms with Crippen LogP contribution in [0.4, 0.5) is 0 Å². The number of nitrogens with one attached hydrogen (secondary N) is 1. The number of nitriles is 1. The third-order valence-corrected chi connectivity index (χ3v) is 8.99. The van der Waals surface area contributed by atoms with Crippen molar-refractivity contribution in [2.45, 2.75) is 5.41 Å². The summed E-state index contributed by atoms with van der Waals surface area (Å²) in [4.78, 5) is 0. The number of fused-ring (bicyclic) bond motifs is 5. The molecule has 0 spiro atoms. The third-order valence-electron chi connectivity index (χ3n) is 8.99. The molecule has 0 saturated carbocycles. The van der Waals surface area contributed by atoms with Crippen molar-refractivity contribution < 1.29 is 0 Å². The van der Waals surface area contributed by atoms with Crippen LogP contribution < -0.4 is 5.32 Å². The first kappa shape index (κ1) is 25.1. The Morgan fingerprint density at radius 3 is 2.07 bits per heavy atom. The number of allylic oxidation sites excluding steroid dienone is 2. The SMILES string of the molecule is N#CC1=CC(c2cccc(-c3ccc4c(c3)C(c3ccccc3)(c3ccccc3)c3ccc5ccccc5c3-4)c2)=CNC1. The van der Waals surface area contributed by atoms with E-state index >= 15 is 0 Å². The summed E-state index contributed by atoms with van der Waals surface area (Å²) in [5.41, 5.74) is 12.4. The predicted octanol–water partition coefficient (Wildman–Crippen LogP) is 9.26. The van der Waals surface area contributed by atoms with Gasteiger partial charge in [0.15, 0.2) is 0 Å². The van der Waals surface area contributed by atoms with Gasteiger partial charge in [-0.3, -0.25) is 0 Å². The minimum absolute atomic E-state index is 0.467. The van der Waals surface area contributed by atoms with Crippen molar-refractivity contribution in [2.75, 3.05) is 6.54 Å². The number of dihydropyridines is 1. The van der Waals surface area contributed by atoms with E-state index in [1.54, 1.807) is 0 Å². The summed E-state index contributed by atoms with van der Waals surface area (Å²) >= 11 is 0. The topological polar surface area (TPSA) is 35.8 Å². The molecule has 0 aromatic heterocycles. The minimum Gasteiger partial charge on any atom is -0.386 e. The summed E-state index contributed by atoms with van der Waals surface area (Å²) in [6.45, 7) is 0.570. The van der Waals surface area contributed by atoms with Crippen LogP contribution in [0.5, 0.6) is 0 Å². The monoisotopic (exact) mass is 548 g/mol. The number of rotatable bonds is 4. The van der Waals surface area contributed by atoms with Gasteiger partial charge in [-0.1, -0.05) is 127 Å². The molecule has 0 unspecified atom stereocenters. The van der Waals surface area contributed by atoms with Gasteiger partial charge in [0.1, 0.15) is 0 Å². The van der Waals surface area contributed by atoms with Gasteiger partial charge < -0.3 is 5.32 Å². The van der Waals surface area contributed by atoms with Crippen molar-refractivity contribution in [3.8, 4) is 28.3 Å². The molecule has 6 aromatic carbocycles. The van der Waals surface area contributed by atoms with Crippen molar-refractivity contribution in [1.29, 1.82) is 5.26 Å². The highest BCUT2D eigenvalue weighted by atomic mass is 14.8. The molecule has 1 heterocycles. The van der Waals surface area contributed by atoms with Crippen LogP contribution >= 0.6 is 0 Å². The van der Waals surface area contributed by atoms with Gasteiger partial charge in [0.25, 0.3) is 0 Å². The fourth-order valence-electron chi connectivity index (χ4n) is 7.10. The van der Waals surface area contributed by atoms with Crippen LogP contribution in [0.3, 0.4) is 0 Å². The van der Waals surface area contributed by atoms with Crippen molar-refractivity contribution in [3.05, 3.63) is 185 Å². The Hall–Kier alpha value is -5.65. The molecule has 1 aliphatic carbocycles. The molecule has 0 saturated heterocycles. The first-order chi connectivity index (χ1) is 21.3. The molecule has 0 radical (unpaired) electrons. The zero-order chi connectivity index (χ0) is 28.8. The van der Waals surface area contributed by atoms with Gasteiger partial charge in [-0.2, -0.15) is 5.26 Å². The van der Waals surface area contributed by atoms with Crippen LogP contribution in [0, 0.1) is 11.3 Å². The van der Waals surface area contributed by atoms with Crippen molar-refractivity contribution in [1.82, 2.24) is 5.32 Å². The Bertz CT molecular complexity index is 2090. The highest BCUT2D eigenvalue weighted by Gasteiger charge is 2.46. The second-order valence-corrected chi connectivity index (χ2v) is 11.3. The van der Waals surface area contributed by atoms with E-state index in [1.807, 2.05) is 12.3 Å². The van der Waals surface area contributed by atoms with Gasteiger partial charge >= 0.3 is 0 Å². The van der Waals surface area contributed by atoms with E-state index in [1.165, 1.54) is 49.7 Å². The zero-order valence-electron chi connectivity index (χ0n) is 23.6. The molecule has 2 heteroatoms. The summed E-state index contributed by atoms with van der Waals surface area (Å²) in [7, 11) is 0. The molecule has 0 fully saturated rings. The number of hydrogen-bond donors (Lipinski definition) is 1. The fraction of sp³-hybridized carbons (Fsp3) is 0.0488. The average Bonchev–Trinajstić information content (AvgIpc) is 3.40. The summed E-state index contributed by atoms with van der Waals surface area (Å²) in [6, 6.07) is 53.2. The lowest BCUT2D eigenvalue weighted by atomic mass is 9.67. The fourth-order valence-corrected chi connectivity index (χ4v) is 7.10. The van der Waals surface area contributed by atoms with Crippen molar-refractivity contribution in [3.63, 3.8) is 0 Å². The summed E-state index contributed by atoms with van der Waals surface area (Å²) in [5.74, 6) is 0. The number of nitrogens with zero attached hydrogens (tertiary/aromatic N) is 1. The maximum atomic E-state index is 9.47. The van der Waals surface area contributed by atoms with E-state index in [0.29, 0.717) is 6.54 Å². The largest absolute Gasteiger partial charge is 0.386 e. The van der Waals surface area contributed by atoms with Crippen LogP contribution in [0.15, 0.2) is 157 Å². The van der Waals surface area contributed by atoms with Crippen LogP contribution in [-0.4, -0.2) is 6.54 Å². The number of hydrogen-bond acceptors (Lipinski definition) is 2. The summed E-state index contributed by atoms with van der Waals surface area (Å²) < 4.78 is 0. The van der Waals surface area contributed by atoms with Gasteiger partial charge in [-0.25, -0.2) is 0 Å². The molecule has 0 amide bonds. The van der Waals surface area contributed by atoms with Crippen LogP contribution in [0.25, 0.3) is 38.6 Å². The average molecular weight is 549 g/mol. The molecule has 1 aliphatic heterocycles. The smallest absolute Gasteiger partial charge is 0.0966 e. The maximum Gasteiger partial charge on any atom is 0.0966 e. The molecular formula is C41H28N2. The van der Waals surface area contributed by atoms with E-state index < -0.39 is 5.41 Å². The Morgan fingerprint density at radius 2 is 1.30 bits per heavy atom. The molecule has 2 aliphatic rings. The normalized spacial score (nSPS) is 14.6. The Morgan fingerprint density at radius 1 is 0.605 bits per heavy atom. The van der Waals surface area contributed by atoms with Gasteiger partial charge in [0, 0.05) is 18.3 Å².